The number of nitrogens with zero attached hydrogens (tertiary/aromatic N) is 1. The summed E-state index contributed by atoms with van der Waals surface area (Å²) in [7, 11) is 0. The van der Waals surface area contributed by atoms with E-state index in [1.165, 1.54) is 25.1 Å². The van der Waals surface area contributed by atoms with E-state index in [1.807, 2.05) is 18.2 Å². The zero-order valence-electron chi connectivity index (χ0n) is 16.4. The molecule has 0 aliphatic rings. The van der Waals surface area contributed by atoms with E-state index in [1.54, 1.807) is 36.4 Å². The van der Waals surface area contributed by atoms with Crippen LogP contribution in [0.5, 0.6) is 0 Å². The molecule has 8 nitrogen and oxygen atoms in total. The van der Waals surface area contributed by atoms with E-state index in [2.05, 4.69) is 10.6 Å². The van der Waals surface area contributed by atoms with Gasteiger partial charge in [-0.1, -0.05) is 24.3 Å². The zero-order valence-corrected chi connectivity index (χ0v) is 16.4. The molecule has 0 aliphatic carbocycles. The van der Waals surface area contributed by atoms with Crippen molar-refractivity contribution in [3.8, 4) is 0 Å². The molecule has 0 spiro atoms. The molecule has 0 aliphatic heterocycles. The maximum absolute atomic E-state index is 12.5. The van der Waals surface area contributed by atoms with Crippen LogP contribution in [0.15, 0.2) is 77.2 Å². The molecule has 1 heterocycles. The van der Waals surface area contributed by atoms with Crippen LogP contribution in [0.2, 0.25) is 0 Å². The first-order valence-electron chi connectivity index (χ1n) is 9.38. The third-order valence-corrected chi connectivity index (χ3v) is 4.80. The number of amides is 2. The van der Waals surface area contributed by atoms with Gasteiger partial charge in [0, 0.05) is 34.0 Å². The Balaban J connectivity index is 1.45. The van der Waals surface area contributed by atoms with E-state index >= 15 is 0 Å². The third-order valence-electron chi connectivity index (χ3n) is 4.80. The van der Waals surface area contributed by atoms with Crippen molar-refractivity contribution in [2.24, 2.45) is 0 Å². The number of rotatable bonds is 5. The van der Waals surface area contributed by atoms with Crippen molar-refractivity contribution in [3.63, 3.8) is 0 Å². The number of nitro groups is 1. The predicted molar refractivity (Wildman–Crippen MR) is 116 cm³/mol. The molecule has 2 amide bonds. The molecule has 0 fully saturated rings. The Hall–Kier alpha value is -4.46. The summed E-state index contributed by atoms with van der Waals surface area (Å²) in [5, 5.41) is 17.3. The van der Waals surface area contributed by atoms with E-state index in [0.717, 1.165) is 5.39 Å². The second-order valence-electron chi connectivity index (χ2n) is 6.84. The van der Waals surface area contributed by atoms with E-state index in [9.17, 15) is 19.7 Å². The Morgan fingerprint density at radius 1 is 0.871 bits per heavy atom. The van der Waals surface area contributed by atoms with Crippen molar-refractivity contribution in [1.82, 2.24) is 0 Å². The molecule has 0 radical (unpaired) electrons. The molecule has 0 saturated carbocycles. The monoisotopic (exact) mass is 415 g/mol. The number of anilines is 2. The summed E-state index contributed by atoms with van der Waals surface area (Å²) in [5.41, 5.74) is 2.03. The number of benzene rings is 3. The van der Waals surface area contributed by atoms with E-state index in [0.29, 0.717) is 22.5 Å². The fraction of sp³-hybridized carbons (Fsp3) is 0.0435. The van der Waals surface area contributed by atoms with Gasteiger partial charge in [-0.05, 0) is 49.4 Å². The molecule has 8 heteroatoms. The Bertz CT molecular complexity index is 1280. The molecule has 31 heavy (non-hydrogen) atoms. The van der Waals surface area contributed by atoms with Gasteiger partial charge in [0.25, 0.3) is 17.5 Å². The summed E-state index contributed by atoms with van der Waals surface area (Å²) in [4.78, 5) is 35.5. The maximum atomic E-state index is 12.5. The molecule has 0 unspecified atom stereocenters. The number of fused-ring (bicyclic) bond motifs is 1. The number of carbonyl (C=O) groups is 2. The Morgan fingerprint density at radius 2 is 1.52 bits per heavy atom. The molecule has 0 saturated heterocycles. The van der Waals surface area contributed by atoms with Crippen molar-refractivity contribution >= 4 is 39.8 Å². The number of hydrogen-bond donors (Lipinski definition) is 2. The smallest absolute Gasteiger partial charge is 0.291 e. The highest BCUT2D eigenvalue weighted by Gasteiger charge is 2.18. The first-order chi connectivity index (χ1) is 14.9. The van der Waals surface area contributed by atoms with Crippen LogP contribution in [0.1, 0.15) is 26.5 Å². The number of para-hydroxylation sites is 1. The van der Waals surface area contributed by atoms with Gasteiger partial charge in [-0.25, -0.2) is 0 Å². The van der Waals surface area contributed by atoms with E-state index in [4.69, 9.17) is 4.42 Å². The molecular weight excluding hydrogens is 398 g/mol. The van der Waals surface area contributed by atoms with Gasteiger partial charge < -0.3 is 15.1 Å². The minimum atomic E-state index is -0.522. The fourth-order valence-electron chi connectivity index (χ4n) is 3.19. The largest absolute Gasteiger partial charge is 0.451 e. The SMILES string of the molecule is Cc1c(C(=O)Nc2ccc(NC(=O)c3cc4ccccc4o3)cc2)cccc1[N+](=O)[O-]. The van der Waals surface area contributed by atoms with Crippen LogP contribution in [-0.4, -0.2) is 16.7 Å². The van der Waals surface area contributed by atoms with Crippen LogP contribution in [0.3, 0.4) is 0 Å². The minimum Gasteiger partial charge on any atom is -0.451 e. The number of carbonyl (C=O) groups excluding carboxylic acids is 2. The number of nitrogens with one attached hydrogen (secondary N) is 2. The van der Waals surface area contributed by atoms with Gasteiger partial charge in [-0.2, -0.15) is 0 Å². The average Bonchev–Trinajstić information content (AvgIpc) is 3.19. The van der Waals surface area contributed by atoms with Crippen molar-refractivity contribution in [1.29, 1.82) is 0 Å². The number of furan rings is 1. The number of hydrogen-bond acceptors (Lipinski definition) is 5. The van der Waals surface area contributed by atoms with Crippen molar-refractivity contribution in [3.05, 3.63) is 99.8 Å². The second kappa shape index (κ2) is 8.11. The van der Waals surface area contributed by atoms with Gasteiger partial charge in [0.1, 0.15) is 5.58 Å². The van der Waals surface area contributed by atoms with Crippen molar-refractivity contribution < 1.29 is 18.9 Å². The fourth-order valence-corrected chi connectivity index (χ4v) is 3.19. The van der Waals surface area contributed by atoms with Crippen LogP contribution in [0.4, 0.5) is 17.1 Å². The summed E-state index contributed by atoms with van der Waals surface area (Å²) in [6.45, 7) is 1.53. The molecule has 154 valence electrons. The highest BCUT2D eigenvalue weighted by atomic mass is 16.6. The van der Waals surface area contributed by atoms with Crippen LogP contribution in [0, 0.1) is 17.0 Å². The standard InChI is InChI=1S/C23H17N3O5/c1-14-18(6-4-7-19(14)26(29)30)22(27)24-16-9-11-17(12-10-16)25-23(28)21-13-15-5-2-3-8-20(15)31-21/h2-13H,1H3,(H,24,27)(H,25,28). The lowest BCUT2D eigenvalue weighted by Gasteiger charge is -2.09. The highest BCUT2D eigenvalue weighted by Crippen LogP contribution is 2.23. The first-order valence-corrected chi connectivity index (χ1v) is 9.38. The van der Waals surface area contributed by atoms with Gasteiger partial charge in [-0.3, -0.25) is 19.7 Å². The van der Waals surface area contributed by atoms with Crippen LogP contribution in [-0.2, 0) is 0 Å². The molecular formula is C23H17N3O5. The van der Waals surface area contributed by atoms with Gasteiger partial charge >= 0.3 is 0 Å². The van der Waals surface area contributed by atoms with Gasteiger partial charge in [0.05, 0.1) is 4.92 Å². The average molecular weight is 415 g/mol. The summed E-state index contributed by atoms with van der Waals surface area (Å²) in [5.74, 6) is -0.653. The lowest BCUT2D eigenvalue weighted by molar-refractivity contribution is -0.385. The second-order valence-corrected chi connectivity index (χ2v) is 6.84. The molecule has 3 aromatic carbocycles. The van der Waals surface area contributed by atoms with Crippen LogP contribution >= 0.6 is 0 Å². The van der Waals surface area contributed by atoms with E-state index in [-0.39, 0.29) is 22.9 Å². The first kappa shape index (κ1) is 19.8. The zero-order chi connectivity index (χ0) is 22.0. The molecule has 2 N–H and O–H groups in total. The summed E-state index contributed by atoms with van der Waals surface area (Å²) >= 11 is 0. The third kappa shape index (κ3) is 4.13. The highest BCUT2D eigenvalue weighted by molar-refractivity contribution is 6.06. The minimum absolute atomic E-state index is 0.115. The van der Waals surface area contributed by atoms with Crippen LogP contribution < -0.4 is 10.6 Å². The van der Waals surface area contributed by atoms with Crippen molar-refractivity contribution in [2.75, 3.05) is 10.6 Å². The van der Waals surface area contributed by atoms with Crippen molar-refractivity contribution in [2.45, 2.75) is 6.92 Å². The summed E-state index contributed by atoms with van der Waals surface area (Å²) in [6, 6.07) is 19.9. The lowest BCUT2D eigenvalue weighted by atomic mass is 10.1. The van der Waals surface area contributed by atoms with Gasteiger partial charge in [-0.15, -0.1) is 0 Å². The molecule has 0 atom stereocenters. The summed E-state index contributed by atoms with van der Waals surface area (Å²) in [6.07, 6.45) is 0. The Labute approximate surface area is 176 Å². The molecule has 0 bridgehead atoms. The predicted octanol–water partition coefficient (Wildman–Crippen LogP) is 5.15. The Morgan fingerprint density at radius 3 is 2.16 bits per heavy atom. The number of nitro benzene ring substituents is 1. The molecule has 4 rings (SSSR count). The van der Waals surface area contributed by atoms with Gasteiger partial charge in [0.2, 0.25) is 0 Å². The molecule has 4 aromatic rings. The Kier molecular flexibility index (Phi) is 5.19. The van der Waals surface area contributed by atoms with E-state index < -0.39 is 10.8 Å². The topological polar surface area (TPSA) is 114 Å². The van der Waals surface area contributed by atoms with Gasteiger partial charge in [0.15, 0.2) is 5.76 Å². The van der Waals surface area contributed by atoms with Crippen LogP contribution in [0.25, 0.3) is 11.0 Å². The molecule has 1 aromatic heterocycles. The lowest BCUT2D eigenvalue weighted by Crippen LogP contribution is -2.14. The summed E-state index contributed by atoms with van der Waals surface area (Å²) < 4.78 is 5.55. The quantitative estimate of drug-likeness (QED) is 0.345. The normalized spacial score (nSPS) is 10.6. The maximum Gasteiger partial charge on any atom is 0.291 e.